The summed E-state index contributed by atoms with van der Waals surface area (Å²) in [6.07, 6.45) is 18.0. The van der Waals surface area contributed by atoms with Crippen LogP contribution in [0.15, 0.2) is 24.3 Å². The van der Waals surface area contributed by atoms with Crippen molar-refractivity contribution in [2.75, 3.05) is 13.2 Å². The Morgan fingerprint density at radius 1 is 0.708 bits per heavy atom. The molecule has 1 N–H and O–H groups in total. The number of unbranched alkanes of at least 4 members (excludes halogenated alkanes) is 11. The third-order valence-corrected chi connectivity index (χ3v) is 4.60. The predicted octanol–water partition coefficient (Wildman–Crippen LogP) is 6.30. The van der Waals surface area contributed by atoms with Gasteiger partial charge in [-0.15, -0.1) is 0 Å². The number of hydrogen-bond acceptors (Lipinski definition) is 2. The molecule has 0 heterocycles. The molecule has 0 aliphatic heterocycles. The lowest BCUT2D eigenvalue weighted by atomic mass is 10.0. The number of aryl methyl sites for hydroxylation is 1. The molecule has 138 valence electrons. The fourth-order valence-corrected chi connectivity index (χ4v) is 3.09. The molecule has 0 amide bonds. The van der Waals surface area contributed by atoms with Gasteiger partial charge in [-0.05, 0) is 30.5 Å². The van der Waals surface area contributed by atoms with Crippen molar-refractivity contribution in [1.29, 1.82) is 0 Å². The van der Waals surface area contributed by atoms with Crippen LogP contribution in [0.2, 0.25) is 0 Å². The summed E-state index contributed by atoms with van der Waals surface area (Å²) < 4.78 is 5.38. The largest absolute Gasteiger partial charge is 0.491 e. The highest BCUT2D eigenvalue weighted by Gasteiger charge is 1.97. The molecule has 0 unspecified atom stereocenters. The van der Waals surface area contributed by atoms with Crippen LogP contribution in [-0.2, 0) is 6.42 Å². The smallest absolute Gasteiger partial charge is 0.119 e. The minimum absolute atomic E-state index is 0.0700. The molecule has 2 nitrogen and oxygen atoms in total. The summed E-state index contributed by atoms with van der Waals surface area (Å²) in [5.74, 6) is 0.850. The fraction of sp³-hybridized carbons (Fsp3) is 0.727. The third-order valence-electron chi connectivity index (χ3n) is 4.60. The van der Waals surface area contributed by atoms with Crippen LogP contribution >= 0.6 is 0 Å². The van der Waals surface area contributed by atoms with Crippen LogP contribution in [0.3, 0.4) is 0 Å². The Morgan fingerprint density at radius 3 is 1.71 bits per heavy atom. The molecule has 0 fully saturated rings. The average Bonchev–Trinajstić information content (AvgIpc) is 2.62. The van der Waals surface area contributed by atoms with E-state index in [0.29, 0.717) is 6.61 Å². The Kier molecular flexibility index (Phi) is 13.6. The Labute approximate surface area is 149 Å². The minimum Gasteiger partial charge on any atom is -0.491 e. The van der Waals surface area contributed by atoms with Crippen LogP contribution in [0.5, 0.6) is 5.75 Å². The van der Waals surface area contributed by atoms with Gasteiger partial charge in [-0.2, -0.15) is 0 Å². The highest BCUT2D eigenvalue weighted by atomic mass is 16.5. The van der Waals surface area contributed by atoms with Crippen LogP contribution in [0, 0.1) is 0 Å². The standard InChI is InChI=1S/C22H38O2/c1-2-3-4-5-6-7-8-9-10-11-12-13-14-21-15-17-22(18-16-21)24-20-19-23/h15-18,23H,2-14,19-20H2,1H3. The van der Waals surface area contributed by atoms with E-state index in [9.17, 15) is 0 Å². The van der Waals surface area contributed by atoms with Crippen molar-refractivity contribution < 1.29 is 9.84 Å². The van der Waals surface area contributed by atoms with E-state index in [-0.39, 0.29) is 6.61 Å². The zero-order valence-corrected chi connectivity index (χ0v) is 15.8. The van der Waals surface area contributed by atoms with Gasteiger partial charge in [0.2, 0.25) is 0 Å². The lowest BCUT2D eigenvalue weighted by molar-refractivity contribution is 0.201. The SMILES string of the molecule is CCCCCCCCCCCCCCc1ccc(OCCO)cc1. The van der Waals surface area contributed by atoms with Gasteiger partial charge in [-0.1, -0.05) is 89.7 Å². The van der Waals surface area contributed by atoms with E-state index in [1.807, 2.05) is 12.1 Å². The van der Waals surface area contributed by atoms with Gasteiger partial charge in [0.25, 0.3) is 0 Å². The molecular formula is C22H38O2. The number of ether oxygens (including phenoxy) is 1. The second-order valence-corrected chi connectivity index (χ2v) is 6.86. The van der Waals surface area contributed by atoms with Gasteiger partial charge in [0, 0.05) is 0 Å². The van der Waals surface area contributed by atoms with Crippen molar-refractivity contribution in [3.05, 3.63) is 29.8 Å². The van der Waals surface area contributed by atoms with Crippen LogP contribution in [0.25, 0.3) is 0 Å². The molecular weight excluding hydrogens is 296 g/mol. The first kappa shape index (κ1) is 21.0. The van der Waals surface area contributed by atoms with Gasteiger partial charge in [-0.25, -0.2) is 0 Å². The fourth-order valence-electron chi connectivity index (χ4n) is 3.09. The molecule has 2 heteroatoms. The van der Waals surface area contributed by atoms with E-state index in [2.05, 4.69) is 19.1 Å². The zero-order chi connectivity index (χ0) is 17.3. The molecule has 0 bridgehead atoms. The molecule has 0 atom stereocenters. The molecule has 1 aromatic rings. The highest BCUT2D eigenvalue weighted by Crippen LogP contribution is 2.16. The van der Waals surface area contributed by atoms with Gasteiger partial charge in [0.05, 0.1) is 6.61 Å². The second kappa shape index (κ2) is 15.5. The maximum absolute atomic E-state index is 8.74. The summed E-state index contributed by atoms with van der Waals surface area (Å²) in [6, 6.07) is 8.30. The van der Waals surface area contributed by atoms with Gasteiger partial charge in [0.15, 0.2) is 0 Å². The molecule has 1 rings (SSSR count). The van der Waals surface area contributed by atoms with Crippen molar-refractivity contribution in [1.82, 2.24) is 0 Å². The van der Waals surface area contributed by atoms with E-state index in [1.165, 1.54) is 82.6 Å². The van der Waals surface area contributed by atoms with Gasteiger partial charge >= 0.3 is 0 Å². The van der Waals surface area contributed by atoms with Crippen molar-refractivity contribution in [3.8, 4) is 5.75 Å². The maximum Gasteiger partial charge on any atom is 0.119 e. The van der Waals surface area contributed by atoms with Crippen molar-refractivity contribution >= 4 is 0 Å². The summed E-state index contributed by atoms with van der Waals surface area (Å²) in [7, 11) is 0. The molecule has 1 aromatic carbocycles. The van der Waals surface area contributed by atoms with E-state index in [4.69, 9.17) is 9.84 Å². The summed E-state index contributed by atoms with van der Waals surface area (Å²) in [5.41, 5.74) is 1.39. The monoisotopic (exact) mass is 334 g/mol. The summed E-state index contributed by atoms with van der Waals surface area (Å²) >= 11 is 0. The number of rotatable bonds is 16. The zero-order valence-electron chi connectivity index (χ0n) is 15.8. The van der Waals surface area contributed by atoms with Crippen molar-refractivity contribution in [2.24, 2.45) is 0 Å². The van der Waals surface area contributed by atoms with E-state index in [0.717, 1.165) is 12.2 Å². The molecule has 24 heavy (non-hydrogen) atoms. The number of aliphatic hydroxyl groups excluding tert-OH is 1. The maximum atomic E-state index is 8.74. The van der Waals surface area contributed by atoms with Crippen LogP contribution in [-0.4, -0.2) is 18.3 Å². The first-order valence-electron chi connectivity index (χ1n) is 10.2. The van der Waals surface area contributed by atoms with Crippen LogP contribution in [0.1, 0.15) is 89.5 Å². The van der Waals surface area contributed by atoms with Crippen molar-refractivity contribution in [2.45, 2.75) is 90.4 Å². The number of hydrogen-bond donors (Lipinski definition) is 1. The van der Waals surface area contributed by atoms with Crippen LogP contribution in [0.4, 0.5) is 0 Å². The third kappa shape index (κ3) is 11.5. The van der Waals surface area contributed by atoms with E-state index < -0.39 is 0 Å². The minimum atomic E-state index is 0.0700. The van der Waals surface area contributed by atoms with Gasteiger partial charge < -0.3 is 9.84 Å². The molecule has 0 radical (unpaired) electrons. The van der Waals surface area contributed by atoms with Crippen molar-refractivity contribution in [3.63, 3.8) is 0 Å². The molecule has 0 aromatic heterocycles. The lowest BCUT2D eigenvalue weighted by Gasteiger charge is -2.06. The molecule has 0 aliphatic carbocycles. The molecule has 0 aliphatic rings. The van der Waals surface area contributed by atoms with E-state index in [1.54, 1.807) is 0 Å². The first-order valence-corrected chi connectivity index (χ1v) is 10.2. The topological polar surface area (TPSA) is 29.5 Å². The van der Waals surface area contributed by atoms with Crippen LogP contribution < -0.4 is 4.74 Å². The van der Waals surface area contributed by atoms with Gasteiger partial charge in [0.1, 0.15) is 12.4 Å². The molecule has 0 saturated heterocycles. The first-order chi connectivity index (χ1) is 11.9. The quantitative estimate of drug-likeness (QED) is 0.359. The highest BCUT2D eigenvalue weighted by molar-refractivity contribution is 5.27. The summed E-state index contributed by atoms with van der Waals surface area (Å²) in [4.78, 5) is 0. The lowest BCUT2D eigenvalue weighted by Crippen LogP contribution is -2.01. The Balaban J connectivity index is 1.89. The average molecular weight is 335 g/mol. The van der Waals surface area contributed by atoms with Gasteiger partial charge in [-0.3, -0.25) is 0 Å². The Morgan fingerprint density at radius 2 is 1.21 bits per heavy atom. The molecule has 0 spiro atoms. The van der Waals surface area contributed by atoms with E-state index >= 15 is 0 Å². The summed E-state index contributed by atoms with van der Waals surface area (Å²) in [6.45, 7) is 2.72. The number of aliphatic hydroxyl groups is 1. The Hall–Kier alpha value is -1.02. The summed E-state index contributed by atoms with van der Waals surface area (Å²) in [5, 5.41) is 8.74. The predicted molar refractivity (Wildman–Crippen MR) is 104 cm³/mol. The molecule has 0 saturated carbocycles. The normalized spacial score (nSPS) is 10.9. The number of benzene rings is 1. The second-order valence-electron chi connectivity index (χ2n) is 6.86. The Bertz CT molecular complexity index is 372.